The summed E-state index contributed by atoms with van der Waals surface area (Å²) in [6, 6.07) is 6.92. The van der Waals surface area contributed by atoms with Gasteiger partial charge >= 0.3 is 6.09 Å². The zero-order valence-electron chi connectivity index (χ0n) is 13.6. The summed E-state index contributed by atoms with van der Waals surface area (Å²) in [4.78, 5) is 23.7. The van der Waals surface area contributed by atoms with E-state index in [0.717, 1.165) is 5.56 Å². The van der Waals surface area contributed by atoms with E-state index in [1.807, 2.05) is 6.07 Å². The number of carbonyl (C=O) groups is 2. The maximum absolute atomic E-state index is 11.9. The summed E-state index contributed by atoms with van der Waals surface area (Å²) in [6.07, 6.45) is 2.26. The van der Waals surface area contributed by atoms with E-state index in [1.165, 1.54) is 0 Å². The molecule has 0 bridgehead atoms. The van der Waals surface area contributed by atoms with E-state index in [0.29, 0.717) is 35.7 Å². The highest BCUT2D eigenvalue weighted by atomic mass is 35.5. The highest BCUT2D eigenvalue weighted by Crippen LogP contribution is 2.25. The van der Waals surface area contributed by atoms with Crippen molar-refractivity contribution in [1.29, 1.82) is 5.26 Å². The van der Waals surface area contributed by atoms with Crippen LogP contribution in [0.1, 0.15) is 31.2 Å². The van der Waals surface area contributed by atoms with Crippen LogP contribution in [0.2, 0.25) is 10.0 Å². The zero-order chi connectivity index (χ0) is 18.2. The minimum atomic E-state index is -0.497. The van der Waals surface area contributed by atoms with E-state index in [1.54, 1.807) is 18.2 Å². The number of nitriles is 1. The van der Waals surface area contributed by atoms with Gasteiger partial charge < -0.3 is 15.4 Å². The van der Waals surface area contributed by atoms with Gasteiger partial charge in [-0.25, -0.2) is 4.79 Å². The Bertz CT molecular complexity index is 668. The lowest BCUT2D eigenvalue weighted by atomic mass is 9.85. The fourth-order valence-corrected chi connectivity index (χ4v) is 3.08. The van der Waals surface area contributed by atoms with Gasteiger partial charge in [-0.3, -0.25) is 4.79 Å². The van der Waals surface area contributed by atoms with Crippen LogP contribution in [0, 0.1) is 17.2 Å². The van der Waals surface area contributed by atoms with Crippen LogP contribution in [0.4, 0.5) is 4.79 Å². The van der Waals surface area contributed by atoms with Gasteiger partial charge in [0.15, 0.2) is 0 Å². The number of ether oxygens (including phenoxy) is 1. The third kappa shape index (κ3) is 6.11. The van der Waals surface area contributed by atoms with Gasteiger partial charge in [0.05, 0.1) is 16.1 Å². The number of halogens is 2. The van der Waals surface area contributed by atoms with Crippen molar-refractivity contribution in [3.8, 4) is 6.07 Å². The van der Waals surface area contributed by atoms with Crippen molar-refractivity contribution in [2.75, 3.05) is 6.54 Å². The highest BCUT2D eigenvalue weighted by molar-refractivity contribution is 6.42. The number of benzene rings is 1. The molecule has 8 heteroatoms. The van der Waals surface area contributed by atoms with Crippen LogP contribution < -0.4 is 10.6 Å². The van der Waals surface area contributed by atoms with Gasteiger partial charge in [0, 0.05) is 12.0 Å². The molecule has 1 aromatic rings. The molecule has 1 saturated carbocycles. The molecule has 134 valence electrons. The number of nitrogens with zero attached hydrogens (tertiary/aromatic N) is 1. The zero-order valence-corrected chi connectivity index (χ0v) is 15.1. The molecule has 0 aliphatic heterocycles. The van der Waals surface area contributed by atoms with Crippen molar-refractivity contribution in [3.05, 3.63) is 33.8 Å². The molecule has 2 amide bonds. The maximum atomic E-state index is 11.9. The molecule has 0 atom stereocenters. The van der Waals surface area contributed by atoms with Gasteiger partial charge in [-0.2, -0.15) is 5.26 Å². The summed E-state index contributed by atoms with van der Waals surface area (Å²) in [5, 5.41) is 14.7. The molecule has 0 spiro atoms. The van der Waals surface area contributed by atoms with Crippen molar-refractivity contribution in [1.82, 2.24) is 10.6 Å². The summed E-state index contributed by atoms with van der Waals surface area (Å²) in [7, 11) is 0. The quantitative estimate of drug-likeness (QED) is 0.761. The number of rotatable bonds is 5. The predicted octanol–water partition coefficient (Wildman–Crippen LogP) is 3.42. The topological polar surface area (TPSA) is 91.2 Å². The molecule has 2 N–H and O–H groups in total. The van der Waals surface area contributed by atoms with E-state index >= 15 is 0 Å². The number of carbonyl (C=O) groups excluding carboxylic acids is 2. The van der Waals surface area contributed by atoms with Gasteiger partial charge in [0.2, 0.25) is 5.91 Å². The molecular formula is C17H19Cl2N3O3. The first-order valence-electron chi connectivity index (χ1n) is 8.01. The van der Waals surface area contributed by atoms with E-state index in [9.17, 15) is 9.59 Å². The lowest BCUT2D eigenvalue weighted by Gasteiger charge is -2.27. The average Bonchev–Trinajstić information content (AvgIpc) is 2.61. The summed E-state index contributed by atoms with van der Waals surface area (Å²) in [5.74, 6) is -0.194. The third-order valence-electron chi connectivity index (χ3n) is 4.12. The van der Waals surface area contributed by atoms with Gasteiger partial charge in [-0.15, -0.1) is 0 Å². The lowest BCUT2D eigenvalue weighted by Crippen LogP contribution is -2.41. The van der Waals surface area contributed by atoms with Gasteiger partial charge in [0.1, 0.15) is 13.2 Å². The van der Waals surface area contributed by atoms with Gasteiger partial charge in [-0.1, -0.05) is 29.3 Å². The average molecular weight is 384 g/mol. The number of alkyl carbamates (subject to hydrolysis) is 1. The Balaban J connectivity index is 1.70. The van der Waals surface area contributed by atoms with E-state index < -0.39 is 6.09 Å². The van der Waals surface area contributed by atoms with E-state index in [2.05, 4.69) is 10.6 Å². The van der Waals surface area contributed by atoms with Crippen molar-refractivity contribution in [2.24, 2.45) is 5.92 Å². The minimum absolute atomic E-state index is 0.0127. The maximum Gasteiger partial charge on any atom is 0.407 e. The molecule has 25 heavy (non-hydrogen) atoms. The fourth-order valence-electron chi connectivity index (χ4n) is 2.76. The molecular weight excluding hydrogens is 365 g/mol. The van der Waals surface area contributed by atoms with Crippen molar-refractivity contribution in [3.63, 3.8) is 0 Å². The predicted molar refractivity (Wildman–Crippen MR) is 94.2 cm³/mol. The molecule has 1 aromatic carbocycles. The molecule has 0 saturated heterocycles. The Labute approximate surface area is 156 Å². The molecule has 1 aliphatic carbocycles. The van der Waals surface area contributed by atoms with Gasteiger partial charge in [0.25, 0.3) is 0 Å². The normalized spacial score (nSPS) is 19.6. The second-order valence-corrected chi connectivity index (χ2v) is 6.71. The smallest absolute Gasteiger partial charge is 0.407 e. The molecule has 1 aliphatic rings. The summed E-state index contributed by atoms with van der Waals surface area (Å²) < 4.78 is 5.19. The summed E-state index contributed by atoms with van der Waals surface area (Å²) in [6.45, 7) is 0.132. The van der Waals surface area contributed by atoms with E-state index in [4.69, 9.17) is 33.2 Å². The first kappa shape index (κ1) is 19.4. The van der Waals surface area contributed by atoms with Crippen LogP contribution in [-0.2, 0) is 16.1 Å². The monoisotopic (exact) mass is 383 g/mol. The summed E-state index contributed by atoms with van der Waals surface area (Å²) in [5.41, 5.74) is 0.752. The molecule has 2 rings (SSSR count). The number of nitrogens with one attached hydrogen (secondary N) is 2. The first-order chi connectivity index (χ1) is 12.0. The second-order valence-electron chi connectivity index (χ2n) is 5.89. The molecule has 1 fully saturated rings. The second kappa shape index (κ2) is 9.50. The molecule has 0 heterocycles. The third-order valence-corrected chi connectivity index (χ3v) is 4.85. The number of hydrogen-bond donors (Lipinski definition) is 2. The Morgan fingerprint density at radius 2 is 1.92 bits per heavy atom. The SMILES string of the molecule is N#CCNC(=O)[C@H]1CC[C@H](NC(=O)OCc2ccc(Cl)c(Cl)c2)CC1. The van der Waals surface area contributed by atoms with Crippen LogP contribution in [0.5, 0.6) is 0 Å². The number of amides is 2. The molecule has 0 aromatic heterocycles. The molecule has 0 radical (unpaired) electrons. The largest absolute Gasteiger partial charge is 0.445 e. The van der Waals surface area contributed by atoms with Crippen LogP contribution in [-0.4, -0.2) is 24.6 Å². The van der Waals surface area contributed by atoms with Crippen molar-refractivity contribution < 1.29 is 14.3 Å². The fraction of sp³-hybridized carbons (Fsp3) is 0.471. The Kier molecular flexibility index (Phi) is 7.35. The standard InChI is InChI=1S/C17H19Cl2N3O3/c18-14-6-1-11(9-15(14)19)10-25-17(24)22-13-4-2-12(3-5-13)16(23)21-8-7-20/h1,6,9,12-13H,2-5,8,10H2,(H,21,23)(H,22,24)/t12-,13-. The van der Waals surface area contributed by atoms with Crippen LogP contribution >= 0.6 is 23.2 Å². The van der Waals surface area contributed by atoms with Crippen molar-refractivity contribution in [2.45, 2.75) is 38.3 Å². The minimum Gasteiger partial charge on any atom is -0.445 e. The Hall–Kier alpha value is -1.97. The number of hydrogen-bond acceptors (Lipinski definition) is 4. The summed E-state index contributed by atoms with van der Waals surface area (Å²) >= 11 is 11.8. The molecule has 6 nitrogen and oxygen atoms in total. The van der Waals surface area contributed by atoms with Gasteiger partial charge in [-0.05, 0) is 43.4 Å². The van der Waals surface area contributed by atoms with Crippen LogP contribution in [0.25, 0.3) is 0 Å². The Morgan fingerprint density at radius 1 is 1.20 bits per heavy atom. The first-order valence-corrected chi connectivity index (χ1v) is 8.77. The lowest BCUT2D eigenvalue weighted by molar-refractivity contribution is -0.125. The van der Waals surface area contributed by atoms with Crippen molar-refractivity contribution >= 4 is 35.2 Å². The molecule has 0 unspecified atom stereocenters. The van der Waals surface area contributed by atoms with E-state index in [-0.39, 0.29) is 31.0 Å². The van der Waals surface area contributed by atoms with Crippen LogP contribution in [0.15, 0.2) is 18.2 Å². The van der Waals surface area contributed by atoms with Crippen LogP contribution in [0.3, 0.4) is 0 Å². The Morgan fingerprint density at radius 3 is 2.56 bits per heavy atom. The highest BCUT2D eigenvalue weighted by Gasteiger charge is 2.27.